The fraction of sp³-hybridized carbons (Fsp3) is 0.222. The van der Waals surface area contributed by atoms with Crippen LogP contribution in [0.25, 0.3) is 5.65 Å². The van der Waals surface area contributed by atoms with E-state index < -0.39 is 5.69 Å². The van der Waals surface area contributed by atoms with Crippen molar-refractivity contribution in [2.75, 3.05) is 11.1 Å². The molecule has 0 saturated heterocycles. The Labute approximate surface area is 149 Å². The molecule has 3 rings (SSSR count). The van der Waals surface area contributed by atoms with E-state index in [1.807, 2.05) is 45.0 Å². The highest BCUT2D eigenvalue weighted by atomic mass is 32.2. The van der Waals surface area contributed by atoms with E-state index in [0.717, 1.165) is 34.1 Å². The number of hydrogen-bond donors (Lipinski definition) is 1. The number of aryl methyl sites for hydroxylation is 2. The van der Waals surface area contributed by atoms with Crippen molar-refractivity contribution in [3.8, 4) is 0 Å². The average molecular weight is 354 g/mol. The van der Waals surface area contributed by atoms with Gasteiger partial charge in [0.15, 0.2) is 5.16 Å². The normalized spacial score (nSPS) is 10.8. The lowest BCUT2D eigenvalue weighted by Crippen LogP contribution is -2.20. The molecule has 2 heterocycles. The SMILES string of the molecule is Cc1cccc(NC(=O)CSc2nc(=O)n3cccc(C)c3n2)c1C. The molecule has 7 heteroatoms. The first-order valence-corrected chi connectivity index (χ1v) is 8.79. The van der Waals surface area contributed by atoms with Gasteiger partial charge in [0.2, 0.25) is 5.91 Å². The highest BCUT2D eigenvalue weighted by molar-refractivity contribution is 7.99. The maximum atomic E-state index is 12.2. The van der Waals surface area contributed by atoms with Crippen molar-refractivity contribution in [2.24, 2.45) is 0 Å². The zero-order chi connectivity index (χ0) is 18.0. The Morgan fingerprint density at radius 3 is 2.68 bits per heavy atom. The number of rotatable bonds is 4. The Hall–Kier alpha value is -2.67. The van der Waals surface area contributed by atoms with E-state index in [9.17, 15) is 9.59 Å². The Kier molecular flexibility index (Phi) is 4.85. The number of carbonyl (C=O) groups excluding carboxylic acids is 1. The van der Waals surface area contributed by atoms with E-state index in [4.69, 9.17) is 0 Å². The molecule has 0 atom stereocenters. The molecule has 1 aromatic carbocycles. The van der Waals surface area contributed by atoms with Crippen LogP contribution in [0.5, 0.6) is 0 Å². The number of nitrogens with zero attached hydrogens (tertiary/aromatic N) is 3. The number of amides is 1. The third-order valence-electron chi connectivity index (χ3n) is 3.97. The minimum atomic E-state index is -0.397. The van der Waals surface area contributed by atoms with Gasteiger partial charge in [-0.15, -0.1) is 0 Å². The average Bonchev–Trinajstić information content (AvgIpc) is 2.58. The summed E-state index contributed by atoms with van der Waals surface area (Å²) in [4.78, 5) is 32.6. The lowest BCUT2D eigenvalue weighted by Gasteiger charge is -2.10. The van der Waals surface area contributed by atoms with E-state index in [1.54, 1.807) is 12.3 Å². The monoisotopic (exact) mass is 354 g/mol. The largest absolute Gasteiger partial charge is 0.355 e. The number of fused-ring (bicyclic) bond motifs is 1. The van der Waals surface area contributed by atoms with Gasteiger partial charge in [0.05, 0.1) is 5.75 Å². The molecule has 0 radical (unpaired) electrons. The molecule has 1 N–H and O–H groups in total. The van der Waals surface area contributed by atoms with Crippen molar-refractivity contribution >= 4 is 29.0 Å². The van der Waals surface area contributed by atoms with Crippen LogP contribution in [-0.2, 0) is 4.79 Å². The molecule has 0 aliphatic rings. The molecular weight excluding hydrogens is 336 g/mol. The van der Waals surface area contributed by atoms with Crippen molar-refractivity contribution in [2.45, 2.75) is 25.9 Å². The predicted octanol–water partition coefficient (Wildman–Crippen LogP) is 2.75. The molecule has 0 saturated carbocycles. The Morgan fingerprint density at radius 1 is 1.12 bits per heavy atom. The fourth-order valence-electron chi connectivity index (χ4n) is 2.42. The second-order valence-electron chi connectivity index (χ2n) is 5.76. The summed E-state index contributed by atoms with van der Waals surface area (Å²) >= 11 is 1.15. The molecule has 0 unspecified atom stereocenters. The predicted molar refractivity (Wildman–Crippen MR) is 99.3 cm³/mol. The van der Waals surface area contributed by atoms with E-state index in [0.29, 0.717) is 10.8 Å². The van der Waals surface area contributed by atoms with Gasteiger partial charge in [-0.05, 0) is 49.6 Å². The number of nitrogens with one attached hydrogen (secondary N) is 1. The Morgan fingerprint density at radius 2 is 1.88 bits per heavy atom. The number of pyridine rings is 1. The Bertz CT molecular complexity index is 1010. The summed E-state index contributed by atoms with van der Waals surface area (Å²) in [6, 6.07) is 9.42. The Balaban J connectivity index is 1.74. The van der Waals surface area contributed by atoms with Crippen LogP contribution in [-0.4, -0.2) is 26.0 Å². The number of aromatic nitrogens is 3. The van der Waals surface area contributed by atoms with E-state index in [1.165, 1.54) is 4.40 Å². The summed E-state index contributed by atoms with van der Waals surface area (Å²) in [6.45, 7) is 5.84. The highest BCUT2D eigenvalue weighted by Gasteiger charge is 2.10. The molecule has 6 nitrogen and oxygen atoms in total. The van der Waals surface area contributed by atoms with Gasteiger partial charge in [0.25, 0.3) is 0 Å². The van der Waals surface area contributed by atoms with Crippen LogP contribution >= 0.6 is 11.8 Å². The van der Waals surface area contributed by atoms with Gasteiger partial charge < -0.3 is 5.32 Å². The number of thioether (sulfide) groups is 1. The van der Waals surface area contributed by atoms with Crippen LogP contribution in [0.4, 0.5) is 5.69 Å². The smallest absolute Gasteiger partial charge is 0.325 e. The van der Waals surface area contributed by atoms with Gasteiger partial charge in [-0.25, -0.2) is 9.78 Å². The lowest BCUT2D eigenvalue weighted by molar-refractivity contribution is -0.113. The zero-order valence-electron chi connectivity index (χ0n) is 14.2. The molecule has 0 bridgehead atoms. The molecule has 0 spiro atoms. The minimum Gasteiger partial charge on any atom is -0.325 e. The van der Waals surface area contributed by atoms with Gasteiger partial charge in [0.1, 0.15) is 5.65 Å². The number of carbonyl (C=O) groups is 1. The molecule has 128 valence electrons. The van der Waals surface area contributed by atoms with Crippen LogP contribution < -0.4 is 11.0 Å². The van der Waals surface area contributed by atoms with Crippen molar-refractivity contribution < 1.29 is 4.79 Å². The summed E-state index contributed by atoms with van der Waals surface area (Å²) < 4.78 is 1.40. The molecule has 0 aliphatic heterocycles. The number of hydrogen-bond acceptors (Lipinski definition) is 5. The van der Waals surface area contributed by atoms with Gasteiger partial charge >= 0.3 is 5.69 Å². The zero-order valence-corrected chi connectivity index (χ0v) is 15.1. The molecular formula is C18H18N4O2S. The summed E-state index contributed by atoms with van der Waals surface area (Å²) in [7, 11) is 0. The van der Waals surface area contributed by atoms with E-state index in [-0.39, 0.29) is 11.7 Å². The molecule has 2 aromatic heterocycles. The molecule has 3 aromatic rings. The quantitative estimate of drug-likeness (QED) is 0.729. The van der Waals surface area contributed by atoms with Gasteiger partial charge in [-0.1, -0.05) is 30.0 Å². The lowest BCUT2D eigenvalue weighted by atomic mass is 10.1. The van der Waals surface area contributed by atoms with Crippen LogP contribution in [0, 0.1) is 20.8 Å². The summed E-state index contributed by atoms with van der Waals surface area (Å²) in [6.07, 6.45) is 1.63. The van der Waals surface area contributed by atoms with Gasteiger partial charge in [-0.3, -0.25) is 9.20 Å². The summed E-state index contributed by atoms with van der Waals surface area (Å²) in [5, 5.41) is 3.19. The third-order valence-corrected chi connectivity index (χ3v) is 4.82. The second kappa shape index (κ2) is 7.06. The van der Waals surface area contributed by atoms with Gasteiger partial charge in [-0.2, -0.15) is 4.98 Å². The number of benzene rings is 1. The number of anilines is 1. The molecule has 0 aliphatic carbocycles. The van der Waals surface area contributed by atoms with Gasteiger partial charge in [0, 0.05) is 11.9 Å². The van der Waals surface area contributed by atoms with Crippen LogP contribution in [0.1, 0.15) is 16.7 Å². The maximum Gasteiger partial charge on any atom is 0.355 e. The van der Waals surface area contributed by atoms with Crippen molar-refractivity contribution in [1.82, 2.24) is 14.4 Å². The first-order chi connectivity index (χ1) is 12.0. The second-order valence-corrected chi connectivity index (χ2v) is 6.70. The topological polar surface area (TPSA) is 76.4 Å². The van der Waals surface area contributed by atoms with Crippen LogP contribution in [0.2, 0.25) is 0 Å². The standard InChI is InChI=1S/C18H18N4O2S/c1-11-6-4-8-14(13(11)3)19-15(23)10-25-17-20-16-12(2)7-5-9-22(16)18(24)21-17/h4-9H,10H2,1-3H3,(H,19,23). The molecule has 1 amide bonds. The van der Waals surface area contributed by atoms with Crippen molar-refractivity contribution in [3.05, 3.63) is 63.7 Å². The van der Waals surface area contributed by atoms with Crippen molar-refractivity contribution in [3.63, 3.8) is 0 Å². The van der Waals surface area contributed by atoms with E-state index in [2.05, 4.69) is 15.3 Å². The van der Waals surface area contributed by atoms with E-state index >= 15 is 0 Å². The maximum absolute atomic E-state index is 12.2. The summed E-state index contributed by atoms with van der Waals surface area (Å²) in [5.74, 6) is -0.0261. The molecule has 0 fully saturated rings. The fourth-order valence-corrected chi connectivity index (χ4v) is 3.05. The summed E-state index contributed by atoms with van der Waals surface area (Å²) in [5.41, 5.74) is 3.99. The third kappa shape index (κ3) is 3.71. The minimum absolute atomic E-state index is 0.134. The van der Waals surface area contributed by atoms with Crippen molar-refractivity contribution in [1.29, 1.82) is 0 Å². The molecule has 25 heavy (non-hydrogen) atoms. The van der Waals surface area contributed by atoms with Crippen LogP contribution in [0.3, 0.4) is 0 Å². The highest BCUT2D eigenvalue weighted by Crippen LogP contribution is 2.19. The first-order valence-electron chi connectivity index (χ1n) is 7.80. The van der Waals surface area contributed by atoms with Crippen LogP contribution in [0.15, 0.2) is 46.5 Å². The first kappa shape index (κ1) is 17.2.